The van der Waals surface area contributed by atoms with E-state index in [1.165, 1.54) is 115 Å². The molecule has 0 radical (unpaired) electrons. The Morgan fingerprint density at radius 2 is 0.570 bits per heavy atom. The molecule has 86 heavy (non-hydrogen) atoms. The van der Waals surface area contributed by atoms with E-state index in [-0.39, 0.29) is 0 Å². The summed E-state index contributed by atoms with van der Waals surface area (Å²) in [5, 5.41) is 19.2. The second-order valence-electron chi connectivity index (χ2n) is 22.9. The molecule has 0 unspecified atom stereocenters. The third kappa shape index (κ3) is 7.46. The number of furan rings is 2. The van der Waals surface area contributed by atoms with Crippen molar-refractivity contribution in [2.45, 2.75) is 0 Å². The number of hydrogen-bond acceptors (Lipinski definition) is 2. The fourth-order valence-electron chi connectivity index (χ4n) is 14.4. The van der Waals surface area contributed by atoms with Crippen LogP contribution in [0.5, 0.6) is 0 Å². The highest BCUT2D eigenvalue weighted by molar-refractivity contribution is 6.26. The van der Waals surface area contributed by atoms with E-state index in [1.807, 2.05) is 12.1 Å². The second-order valence-corrected chi connectivity index (χ2v) is 22.9. The van der Waals surface area contributed by atoms with Crippen LogP contribution >= 0.6 is 0 Å². The van der Waals surface area contributed by atoms with Gasteiger partial charge in [-0.05, 0) is 203 Å². The monoisotopic (exact) mass is 1090 g/mol. The Hall–Kier alpha value is -11.3. The second kappa shape index (κ2) is 19.1. The van der Waals surface area contributed by atoms with Crippen LogP contribution in [0, 0.1) is 0 Å². The Labute approximate surface area is 495 Å². The highest BCUT2D eigenvalue weighted by atomic mass is 16.3. The van der Waals surface area contributed by atoms with Gasteiger partial charge in [-0.3, -0.25) is 0 Å². The first-order chi connectivity index (χ1) is 42.6. The lowest BCUT2D eigenvalue weighted by atomic mass is 9.83. The van der Waals surface area contributed by atoms with Gasteiger partial charge in [0, 0.05) is 21.5 Å². The minimum absolute atomic E-state index is 0.864. The van der Waals surface area contributed by atoms with E-state index >= 15 is 0 Å². The van der Waals surface area contributed by atoms with Crippen LogP contribution in [0.15, 0.2) is 312 Å². The molecule has 0 aliphatic carbocycles. The predicted octanol–water partition coefficient (Wildman–Crippen LogP) is 24.1. The van der Waals surface area contributed by atoms with Gasteiger partial charge in [0.2, 0.25) is 0 Å². The maximum absolute atomic E-state index is 6.87. The van der Waals surface area contributed by atoms with Gasteiger partial charge in [-0.25, -0.2) is 0 Å². The average Bonchev–Trinajstić information content (AvgIpc) is 1.10. The van der Waals surface area contributed by atoms with Gasteiger partial charge >= 0.3 is 0 Å². The Morgan fingerprint density at radius 1 is 0.163 bits per heavy atom. The number of benzene rings is 16. The van der Waals surface area contributed by atoms with Crippen molar-refractivity contribution in [2.75, 3.05) is 0 Å². The highest BCUT2D eigenvalue weighted by Crippen LogP contribution is 2.50. The minimum atomic E-state index is 0.864. The zero-order chi connectivity index (χ0) is 56.4. The van der Waals surface area contributed by atoms with Crippen molar-refractivity contribution < 1.29 is 8.83 Å². The summed E-state index contributed by atoms with van der Waals surface area (Å²) in [6.45, 7) is 0. The van der Waals surface area contributed by atoms with Gasteiger partial charge in [-0.1, -0.05) is 243 Å². The van der Waals surface area contributed by atoms with Crippen LogP contribution in [0.3, 0.4) is 0 Å². The molecule has 2 heterocycles. The van der Waals surface area contributed by atoms with E-state index in [1.54, 1.807) is 0 Å². The number of hydrogen-bond donors (Lipinski definition) is 0. The first kappa shape index (κ1) is 48.2. The van der Waals surface area contributed by atoms with Crippen LogP contribution in [-0.4, -0.2) is 0 Å². The topological polar surface area (TPSA) is 26.3 Å². The summed E-state index contributed by atoms with van der Waals surface area (Å²) in [6.07, 6.45) is 0. The van der Waals surface area contributed by atoms with Crippen LogP contribution in [0.4, 0.5) is 0 Å². The van der Waals surface area contributed by atoms with E-state index in [0.717, 1.165) is 71.7 Å². The fourth-order valence-corrected chi connectivity index (χ4v) is 14.4. The molecule has 398 valence electrons. The normalized spacial score (nSPS) is 12.0. The minimum Gasteiger partial charge on any atom is -0.456 e. The fraction of sp³-hybridized carbons (Fsp3) is 0. The summed E-state index contributed by atoms with van der Waals surface area (Å²) < 4.78 is 13.1. The molecule has 18 rings (SSSR count). The van der Waals surface area contributed by atoms with Gasteiger partial charge in [0.15, 0.2) is 0 Å². The van der Waals surface area contributed by atoms with Crippen molar-refractivity contribution in [3.8, 4) is 77.9 Å². The Bertz CT molecular complexity index is 5710. The molecule has 0 fully saturated rings. The zero-order valence-corrected chi connectivity index (χ0v) is 46.7. The SMILES string of the molecule is c1ccc(-c2c3ccccc3c(-c3cc(-c4cccc5oc6cc(-c7ccc(-c8c9ccccc9c(-c9cc(-c%10ccc%11oc%12ccccc%12c%11c%10)cc%10ccccc9%10)c9ccccc89)cc7)ccc6c45)cc4ccccc34)c3ccccc23)cc1. The average molecular weight is 1090 g/mol. The van der Waals surface area contributed by atoms with E-state index < -0.39 is 0 Å². The lowest BCUT2D eigenvalue weighted by Crippen LogP contribution is -1.92. The molecule has 2 heteroatoms. The molecule has 2 nitrogen and oxygen atoms in total. The lowest BCUT2D eigenvalue weighted by Gasteiger charge is -2.20. The van der Waals surface area contributed by atoms with Gasteiger partial charge in [0.05, 0.1) is 0 Å². The maximum Gasteiger partial charge on any atom is 0.136 e. The Morgan fingerprint density at radius 3 is 1.16 bits per heavy atom. The molecule has 0 spiro atoms. The quantitative estimate of drug-likeness (QED) is 0.149. The smallest absolute Gasteiger partial charge is 0.136 e. The molecule has 0 aliphatic heterocycles. The van der Waals surface area contributed by atoms with E-state index in [4.69, 9.17) is 8.83 Å². The molecule has 0 saturated carbocycles. The molecule has 16 aromatic carbocycles. The summed E-state index contributed by atoms with van der Waals surface area (Å²) in [5.74, 6) is 0. The molecule has 0 amide bonds. The van der Waals surface area contributed by atoms with Gasteiger partial charge < -0.3 is 8.83 Å². The van der Waals surface area contributed by atoms with E-state index in [2.05, 4.69) is 291 Å². The third-order valence-corrected chi connectivity index (χ3v) is 18.2. The molecule has 0 N–H and O–H groups in total. The van der Waals surface area contributed by atoms with Gasteiger partial charge in [-0.15, -0.1) is 0 Å². The molecule has 0 atom stereocenters. The molecule has 0 bridgehead atoms. The Kier molecular flexibility index (Phi) is 10.7. The molecular weight excluding hydrogens is 1040 g/mol. The Balaban J connectivity index is 0.743. The molecule has 18 aromatic rings. The van der Waals surface area contributed by atoms with Crippen molar-refractivity contribution in [1.29, 1.82) is 0 Å². The van der Waals surface area contributed by atoms with Crippen molar-refractivity contribution in [3.05, 3.63) is 303 Å². The first-order valence-corrected chi connectivity index (χ1v) is 29.6. The van der Waals surface area contributed by atoms with Crippen LogP contribution in [0.1, 0.15) is 0 Å². The molecular formula is C84H50O2. The third-order valence-electron chi connectivity index (χ3n) is 18.2. The molecule has 0 aliphatic rings. The standard InChI is InChI=1S/C84H50O2/c1-2-19-52(20-3-1)80-64-26-8-12-30-68(64)83(69-31-13-9-27-65(69)80)75-49-59(46-57-22-5-7-24-61(57)75)62-34-18-36-78-84(62)72-43-41-55(50-79(72)86-78)51-37-39-53(40-38-51)81-66-28-10-14-32-70(66)82(71-33-15-11-29-67(71)81)74-48-58(45-56-21-4-6-23-60(56)74)54-42-44-77-73(47-54)63-25-16-17-35-76(63)85-77/h1-50H. The number of rotatable bonds is 7. The lowest BCUT2D eigenvalue weighted by molar-refractivity contribution is 0.668. The predicted molar refractivity (Wildman–Crippen MR) is 364 cm³/mol. The summed E-state index contributed by atoms with van der Waals surface area (Å²) in [5.41, 5.74) is 20.2. The van der Waals surface area contributed by atoms with Crippen LogP contribution in [0.25, 0.3) is 186 Å². The summed E-state index contributed by atoms with van der Waals surface area (Å²) in [6, 6.07) is 111. The van der Waals surface area contributed by atoms with Crippen molar-refractivity contribution in [3.63, 3.8) is 0 Å². The molecule has 2 aromatic heterocycles. The van der Waals surface area contributed by atoms with E-state index in [0.29, 0.717) is 0 Å². The van der Waals surface area contributed by atoms with Crippen LogP contribution < -0.4 is 0 Å². The largest absolute Gasteiger partial charge is 0.456 e. The summed E-state index contributed by atoms with van der Waals surface area (Å²) in [4.78, 5) is 0. The molecule has 0 saturated heterocycles. The van der Waals surface area contributed by atoms with Gasteiger partial charge in [-0.2, -0.15) is 0 Å². The van der Waals surface area contributed by atoms with Crippen molar-refractivity contribution >= 4 is 109 Å². The summed E-state index contributed by atoms with van der Waals surface area (Å²) >= 11 is 0. The number of para-hydroxylation sites is 1. The highest BCUT2D eigenvalue weighted by Gasteiger charge is 2.23. The first-order valence-electron chi connectivity index (χ1n) is 29.6. The van der Waals surface area contributed by atoms with Crippen molar-refractivity contribution in [2.24, 2.45) is 0 Å². The van der Waals surface area contributed by atoms with Crippen molar-refractivity contribution in [1.82, 2.24) is 0 Å². The van der Waals surface area contributed by atoms with Crippen LogP contribution in [0.2, 0.25) is 0 Å². The van der Waals surface area contributed by atoms with E-state index in [9.17, 15) is 0 Å². The van der Waals surface area contributed by atoms with Gasteiger partial charge in [0.1, 0.15) is 22.3 Å². The zero-order valence-electron chi connectivity index (χ0n) is 46.7. The van der Waals surface area contributed by atoms with Crippen LogP contribution in [-0.2, 0) is 0 Å². The number of fused-ring (bicyclic) bond motifs is 12. The summed E-state index contributed by atoms with van der Waals surface area (Å²) in [7, 11) is 0. The van der Waals surface area contributed by atoms with Gasteiger partial charge in [0.25, 0.3) is 0 Å². The maximum atomic E-state index is 6.87.